The fourth-order valence-electron chi connectivity index (χ4n) is 1.69. The Labute approximate surface area is 84.5 Å². The highest BCUT2D eigenvalue weighted by atomic mass is 14.5. The normalized spacial score (nSPS) is 11.1. The standard InChI is InChI=1S/C13H15N/c1-9(2)10-6-7-12-11(8-10)4-3-5-13(12)14/h3-9H,14H2,1-2H3. The fourth-order valence-corrected chi connectivity index (χ4v) is 1.69. The van der Waals surface area contributed by atoms with Crippen molar-refractivity contribution in [2.45, 2.75) is 19.8 Å². The van der Waals surface area contributed by atoms with Crippen molar-refractivity contribution in [1.29, 1.82) is 0 Å². The molecule has 2 aromatic carbocycles. The highest BCUT2D eigenvalue weighted by Gasteiger charge is 2.01. The maximum absolute atomic E-state index is 5.88. The quantitative estimate of drug-likeness (QED) is 0.675. The lowest BCUT2D eigenvalue weighted by Gasteiger charge is -2.07. The molecule has 0 aliphatic carbocycles. The lowest BCUT2D eigenvalue weighted by molar-refractivity contribution is 0.869. The summed E-state index contributed by atoms with van der Waals surface area (Å²) in [4.78, 5) is 0. The third-order valence-electron chi connectivity index (χ3n) is 2.60. The maximum Gasteiger partial charge on any atom is 0.0393 e. The van der Waals surface area contributed by atoms with Crippen LogP contribution in [0.25, 0.3) is 10.8 Å². The van der Waals surface area contributed by atoms with Gasteiger partial charge < -0.3 is 5.73 Å². The van der Waals surface area contributed by atoms with E-state index in [0.29, 0.717) is 5.92 Å². The first kappa shape index (κ1) is 9.07. The Morgan fingerprint density at radius 1 is 1.07 bits per heavy atom. The van der Waals surface area contributed by atoms with Crippen LogP contribution in [-0.4, -0.2) is 0 Å². The van der Waals surface area contributed by atoms with Crippen molar-refractivity contribution in [2.75, 3.05) is 5.73 Å². The first-order chi connectivity index (χ1) is 6.68. The molecular formula is C13H15N. The Morgan fingerprint density at radius 3 is 2.57 bits per heavy atom. The van der Waals surface area contributed by atoms with Crippen LogP contribution in [0.3, 0.4) is 0 Å². The zero-order valence-corrected chi connectivity index (χ0v) is 8.62. The van der Waals surface area contributed by atoms with Crippen LogP contribution in [0.1, 0.15) is 25.3 Å². The molecule has 72 valence electrons. The predicted octanol–water partition coefficient (Wildman–Crippen LogP) is 3.55. The molecule has 0 atom stereocenters. The summed E-state index contributed by atoms with van der Waals surface area (Å²) in [6, 6.07) is 12.5. The first-order valence-electron chi connectivity index (χ1n) is 4.96. The zero-order valence-electron chi connectivity index (χ0n) is 8.62. The van der Waals surface area contributed by atoms with Gasteiger partial charge in [0.05, 0.1) is 0 Å². The van der Waals surface area contributed by atoms with E-state index in [1.165, 1.54) is 10.9 Å². The van der Waals surface area contributed by atoms with Gasteiger partial charge in [-0.2, -0.15) is 0 Å². The van der Waals surface area contributed by atoms with E-state index in [4.69, 9.17) is 5.73 Å². The molecule has 1 heteroatoms. The molecule has 0 heterocycles. The van der Waals surface area contributed by atoms with Gasteiger partial charge in [0.15, 0.2) is 0 Å². The molecule has 0 bridgehead atoms. The number of nitrogen functional groups attached to an aromatic ring is 1. The molecule has 1 nitrogen and oxygen atoms in total. The number of benzene rings is 2. The van der Waals surface area contributed by atoms with Gasteiger partial charge in [0, 0.05) is 11.1 Å². The molecule has 0 saturated heterocycles. The van der Waals surface area contributed by atoms with E-state index in [1.54, 1.807) is 0 Å². The summed E-state index contributed by atoms with van der Waals surface area (Å²) in [5, 5.41) is 2.38. The van der Waals surface area contributed by atoms with Crippen LogP contribution in [0, 0.1) is 0 Å². The number of nitrogens with two attached hydrogens (primary N) is 1. The summed E-state index contributed by atoms with van der Waals surface area (Å²) in [5.41, 5.74) is 8.11. The minimum Gasteiger partial charge on any atom is -0.398 e. The summed E-state index contributed by atoms with van der Waals surface area (Å²) >= 11 is 0. The van der Waals surface area contributed by atoms with Crippen molar-refractivity contribution >= 4 is 16.5 Å². The molecular weight excluding hydrogens is 170 g/mol. The van der Waals surface area contributed by atoms with E-state index < -0.39 is 0 Å². The molecule has 0 fully saturated rings. The van der Waals surface area contributed by atoms with Crippen LogP contribution in [0.2, 0.25) is 0 Å². The minimum atomic E-state index is 0.570. The summed E-state index contributed by atoms with van der Waals surface area (Å²) < 4.78 is 0. The molecule has 2 rings (SSSR count). The number of fused-ring (bicyclic) bond motifs is 1. The van der Waals surface area contributed by atoms with Crippen LogP contribution >= 0.6 is 0 Å². The van der Waals surface area contributed by atoms with Gasteiger partial charge in [-0.25, -0.2) is 0 Å². The smallest absolute Gasteiger partial charge is 0.0393 e. The first-order valence-corrected chi connectivity index (χ1v) is 4.96. The molecule has 2 N–H and O–H groups in total. The van der Waals surface area contributed by atoms with Crippen molar-refractivity contribution in [2.24, 2.45) is 0 Å². The van der Waals surface area contributed by atoms with Gasteiger partial charge in [0.25, 0.3) is 0 Å². The molecule has 0 unspecified atom stereocenters. The molecule has 14 heavy (non-hydrogen) atoms. The van der Waals surface area contributed by atoms with Crippen molar-refractivity contribution in [1.82, 2.24) is 0 Å². The number of anilines is 1. The third-order valence-corrected chi connectivity index (χ3v) is 2.60. The highest BCUT2D eigenvalue weighted by molar-refractivity contribution is 5.93. The summed E-state index contributed by atoms with van der Waals surface area (Å²) in [6.07, 6.45) is 0. The lowest BCUT2D eigenvalue weighted by Crippen LogP contribution is -1.89. The monoisotopic (exact) mass is 185 g/mol. The Hall–Kier alpha value is -1.50. The van der Waals surface area contributed by atoms with Gasteiger partial charge in [-0.3, -0.25) is 0 Å². The van der Waals surface area contributed by atoms with Crippen LogP contribution < -0.4 is 5.73 Å². The average molecular weight is 185 g/mol. The van der Waals surface area contributed by atoms with E-state index in [0.717, 1.165) is 11.1 Å². The average Bonchev–Trinajstić information content (AvgIpc) is 2.17. The van der Waals surface area contributed by atoms with E-state index in [9.17, 15) is 0 Å². The molecule has 0 aliphatic rings. The summed E-state index contributed by atoms with van der Waals surface area (Å²) in [7, 11) is 0. The van der Waals surface area contributed by atoms with Crippen molar-refractivity contribution in [3.8, 4) is 0 Å². The highest BCUT2D eigenvalue weighted by Crippen LogP contribution is 2.24. The van der Waals surface area contributed by atoms with E-state index in [1.807, 2.05) is 12.1 Å². The molecule has 0 radical (unpaired) electrons. The maximum atomic E-state index is 5.88. The van der Waals surface area contributed by atoms with Crippen molar-refractivity contribution in [3.05, 3.63) is 42.0 Å². The third kappa shape index (κ3) is 1.46. The largest absolute Gasteiger partial charge is 0.398 e. The van der Waals surface area contributed by atoms with Crippen LogP contribution in [-0.2, 0) is 0 Å². The van der Waals surface area contributed by atoms with Crippen molar-refractivity contribution in [3.63, 3.8) is 0 Å². The zero-order chi connectivity index (χ0) is 10.1. The fraction of sp³-hybridized carbons (Fsp3) is 0.231. The van der Waals surface area contributed by atoms with Gasteiger partial charge >= 0.3 is 0 Å². The van der Waals surface area contributed by atoms with E-state index >= 15 is 0 Å². The second-order valence-electron chi connectivity index (χ2n) is 3.98. The molecule has 0 saturated carbocycles. The van der Waals surface area contributed by atoms with Crippen LogP contribution in [0.5, 0.6) is 0 Å². The molecule has 0 aromatic heterocycles. The topological polar surface area (TPSA) is 26.0 Å². The Balaban J connectivity index is 2.67. The Morgan fingerprint density at radius 2 is 1.86 bits per heavy atom. The predicted molar refractivity (Wildman–Crippen MR) is 62.4 cm³/mol. The second kappa shape index (κ2) is 3.33. The van der Waals surface area contributed by atoms with Gasteiger partial charge in [-0.15, -0.1) is 0 Å². The van der Waals surface area contributed by atoms with Gasteiger partial charge in [0.2, 0.25) is 0 Å². The van der Waals surface area contributed by atoms with Crippen LogP contribution in [0.15, 0.2) is 36.4 Å². The van der Waals surface area contributed by atoms with E-state index in [-0.39, 0.29) is 0 Å². The van der Waals surface area contributed by atoms with E-state index in [2.05, 4.69) is 38.1 Å². The molecule has 2 aromatic rings. The number of rotatable bonds is 1. The molecule has 0 aliphatic heterocycles. The number of hydrogen-bond donors (Lipinski definition) is 1. The van der Waals surface area contributed by atoms with Crippen molar-refractivity contribution < 1.29 is 0 Å². The summed E-state index contributed by atoms with van der Waals surface area (Å²) in [5.74, 6) is 0.570. The SMILES string of the molecule is CC(C)c1ccc2c(N)cccc2c1. The second-order valence-corrected chi connectivity index (χ2v) is 3.98. The van der Waals surface area contributed by atoms with Gasteiger partial charge in [0.1, 0.15) is 0 Å². The summed E-state index contributed by atoms with van der Waals surface area (Å²) in [6.45, 7) is 4.40. The number of hydrogen-bond acceptors (Lipinski definition) is 1. The Kier molecular flexibility index (Phi) is 2.16. The lowest BCUT2D eigenvalue weighted by atomic mass is 9.99. The molecule has 0 amide bonds. The molecule has 0 spiro atoms. The van der Waals surface area contributed by atoms with Gasteiger partial charge in [-0.05, 0) is 22.9 Å². The minimum absolute atomic E-state index is 0.570. The van der Waals surface area contributed by atoms with Gasteiger partial charge in [-0.1, -0.05) is 44.2 Å². The van der Waals surface area contributed by atoms with Crippen LogP contribution in [0.4, 0.5) is 5.69 Å². The Bertz CT molecular complexity index is 458.